The number of alkyl halides is 2. The van der Waals surface area contributed by atoms with Gasteiger partial charge in [0.15, 0.2) is 17.4 Å². The maximum absolute atomic E-state index is 14.5. The molecule has 0 aliphatic carbocycles. The van der Waals surface area contributed by atoms with Crippen molar-refractivity contribution in [1.29, 1.82) is 0 Å². The summed E-state index contributed by atoms with van der Waals surface area (Å²) in [4.78, 5) is 33.0. The minimum absolute atomic E-state index is 0.0493. The highest BCUT2D eigenvalue weighted by Crippen LogP contribution is 2.54. The first kappa shape index (κ1) is 30.9. The highest BCUT2D eigenvalue weighted by Gasteiger charge is 2.59. The number of aliphatic hydroxyl groups is 1. The zero-order valence-corrected chi connectivity index (χ0v) is 24.4. The number of rotatable bonds is 11. The van der Waals surface area contributed by atoms with E-state index in [4.69, 9.17) is 35.9 Å². The predicted octanol–water partition coefficient (Wildman–Crippen LogP) is 3.17. The van der Waals surface area contributed by atoms with Crippen molar-refractivity contribution >= 4 is 42.3 Å². The van der Waals surface area contributed by atoms with Gasteiger partial charge in [0.2, 0.25) is 5.95 Å². The fraction of sp³-hybridized carbons (Fsp3) is 0.520. The zero-order valence-electron chi connectivity index (χ0n) is 22.8. The molecule has 2 aromatic heterocycles. The van der Waals surface area contributed by atoms with Gasteiger partial charge in [0.25, 0.3) is 5.56 Å². The van der Waals surface area contributed by atoms with Crippen molar-refractivity contribution in [3.8, 4) is 5.75 Å². The number of esters is 1. The van der Waals surface area contributed by atoms with Crippen LogP contribution in [0.25, 0.3) is 11.2 Å². The lowest BCUT2D eigenvalue weighted by Gasteiger charge is -2.29. The third-order valence-corrected chi connectivity index (χ3v) is 9.09. The lowest BCUT2D eigenvalue weighted by atomic mass is 9.97. The average Bonchev–Trinajstić information content (AvgIpc) is 3.42. The lowest BCUT2D eigenvalue weighted by Crippen LogP contribution is -2.46. The van der Waals surface area contributed by atoms with Gasteiger partial charge in [-0.2, -0.15) is 4.98 Å². The van der Waals surface area contributed by atoms with Gasteiger partial charge in [-0.25, -0.2) is 13.9 Å². The van der Waals surface area contributed by atoms with Crippen molar-refractivity contribution in [1.82, 2.24) is 19.5 Å². The van der Waals surface area contributed by atoms with Gasteiger partial charge in [0, 0.05) is 0 Å². The van der Waals surface area contributed by atoms with Gasteiger partial charge in [-0.1, -0.05) is 25.1 Å². The molecule has 0 bridgehead atoms. The first-order valence-corrected chi connectivity index (χ1v) is 14.9. The summed E-state index contributed by atoms with van der Waals surface area (Å²) in [5.41, 5.74) is 4.88. The fourth-order valence-corrected chi connectivity index (χ4v) is 6.87. The SMILES string of the molecule is CC(C)OC(=O)[C@H](C)C[P@@](=O)(Oc1ccccc1)O[C@H](C)[C@H]1O[C@@H](n2cnc3c(=O)[nH]c(N)nc32)C(Cl)(CF)[C@H]1O. The number of imidazole rings is 1. The number of nitrogens with zero attached hydrogens (tertiary/aromatic N) is 3. The Bertz CT molecular complexity index is 1490. The minimum atomic E-state index is -4.13. The topological polar surface area (TPSA) is 181 Å². The molecular weight excluding hydrogens is 584 g/mol. The molecule has 1 aliphatic heterocycles. The highest BCUT2D eigenvalue weighted by molar-refractivity contribution is 7.54. The van der Waals surface area contributed by atoms with Gasteiger partial charge in [-0.05, 0) is 32.9 Å². The third kappa shape index (κ3) is 6.41. The van der Waals surface area contributed by atoms with E-state index in [1.54, 1.807) is 44.2 Å². The monoisotopic (exact) mass is 615 g/mol. The number of fused-ring (bicyclic) bond motifs is 1. The second-order valence-electron chi connectivity index (χ2n) is 10.1. The van der Waals surface area contributed by atoms with Crippen LogP contribution in [0.1, 0.15) is 33.9 Å². The highest BCUT2D eigenvalue weighted by atomic mass is 35.5. The van der Waals surface area contributed by atoms with Crippen LogP contribution in [0.4, 0.5) is 10.3 Å². The van der Waals surface area contributed by atoms with E-state index >= 15 is 0 Å². The molecule has 1 aliphatic rings. The van der Waals surface area contributed by atoms with Crippen LogP contribution < -0.4 is 15.8 Å². The van der Waals surface area contributed by atoms with Crippen molar-refractivity contribution in [2.45, 2.75) is 63.2 Å². The van der Waals surface area contributed by atoms with Gasteiger partial charge >= 0.3 is 13.6 Å². The molecule has 7 atom stereocenters. The molecule has 41 heavy (non-hydrogen) atoms. The molecule has 1 aromatic carbocycles. The maximum Gasteiger partial charge on any atom is 0.380 e. The van der Waals surface area contributed by atoms with Crippen LogP contribution in [-0.4, -0.2) is 72.7 Å². The Kier molecular flexibility index (Phi) is 9.10. The number of carbonyl (C=O) groups excluding carboxylic acids is 1. The molecule has 16 heteroatoms. The minimum Gasteiger partial charge on any atom is -0.463 e. The predicted molar refractivity (Wildman–Crippen MR) is 148 cm³/mol. The molecule has 13 nitrogen and oxygen atoms in total. The number of para-hydroxylation sites is 1. The maximum atomic E-state index is 14.5. The molecule has 1 saturated heterocycles. The smallest absolute Gasteiger partial charge is 0.380 e. The zero-order chi connectivity index (χ0) is 30.1. The summed E-state index contributed by atoms with van der Waals surface area (Å²) in [6, 6.07) is 8.19. The number of anilines is 1. The molecule has 3 heterocycles. The molecule has 1 fully saturated rings. The van der Waals surface area contributed by atoms with Crippen molar-refractivity contribution in [3.05, 3.63) is 47.0 Å². The van der Waals surface area contributed by atoms with E-state index < -0.39 is 67.2 Å². The molecule has 1 unspecified atom stereocenters. The van der Waals surface area contributed by atoms with Crippen molar-refractivity contribution in [2.75, 3.05) is 18.6 Å². The van der Waals surface area contributed by atoms with E-state index in [-0.39, 0.29) is 29.0 Å². The fourth-order valence-electron chi connectivity index (χ4n) is 4.49. The van der Waals surface area contributed by atoms with Gasteiger partial charge in [-0.3, -0.25) is 23.7 Å². The number of aromatic nitrogens is 4. The van der Waals surface area contributed by atoms with Gasteiger partial charge in [0.05, 0.1) is 30.6 Å². The average molecular weight is 616 g/mol. The number of aliphatic hydroxyl groups excluding tert-OH is 1. The summed E-state index contributed by atoms with van der Waals surface area (Å²) in [6.07, 6.45) is -5.25. The number of nitrogens with two attached hydrogens (primary N) is 1. The van der Waals surface area contributed by atoms with Gasteiger partial charge in [-0.15, -0.1) is 11.6 Å². The number of benzene rings is 1. The van der Waals surface area contributed by atoms with E-state index in [1.807, 2.05) is 0 Å². The van der Waals surface area contributed by atoms with Crippen LogP contribution in [0.2, 0.25) is 0 Å². The summed E-state index contributed by atoms with van der Waals surface area (Å²) in [6.45, 7) is 5.07. The molecule has 4 rings (SSSR count). The Morgan fingerprint density at radius 2 is 2.00 bits per heavy atom. The Morgan fingerprint density at radius 1 is 1.32 bits per heavy atom. The van der Waals surface area contributed by atoms with E-state index in [1.165, 1.54) is 18.4 Å². The standard InChI is InChI=1S/C25H32ClFN5O8P/c1-13(2)37-22(35)14(3)10-41(36,40-16-8-6-5-7-9-16)39-15(4)18-19(33)25(26,11-27)23(38-18)32-12-29-17-20(32)30-24(28)31-21(17)34/h5-9,12-15,18-19,23,33H,10-11H2,1-4H3,(H3,28,30,31,34)/t14-,15-,18-,19+,23-,25?,41+/m1/s1. The molecule has 3 aromatic rings. The molecule has 0 spiro atoms. The van der Waals surface area contributed by atoms with Crippen LogP contribution in [0.5, 0.6) is 5.75 Å². The largest absolute Gasteiger partial charge is 0.463 e. The van der Waals surface area contributed by atoms with Crippen LogP contribution in [0, 0.1) is 5.92 Å². The number of hydrogen-bond acceptors (Lipinski definition) is 11. The van der Waals surface area contributed by atoms with Crippen LogP contribution in [-0.2, 0) is 23.4 Å². The molecule has 4 N–H and O–H groups in total. The molecular formula is C25H32ClFN5O8P. The molecule has 224 valence electrons. The quantitative estimate of drug-likeness (QED) is 0.164. The Balaban J connectivity index is 1.63. The van der Waals surface area contributed by atoms with Gasteiger partial charge in [0.1, 0.15) is 29.5 Å². The summed E-state index contributed by atoms with van der Waals surface area (Å²) < 4.78 is 52.6. The van der Waals surface area contributed by atoms with Crippen molar-refractivity contribution < 1.29 is 37.4 Å². The first-order valence-electron chi connectivity index (χ1n) is 12.8. The van der Waals surface area contributed by atoms with Gasteiger partial charge < -0.3 is 24.8 Å². The molecule has 0 amide bonds. The summed E-state index contributed by atoms with van der Waals surface area (Å²) >= 11 is 6.60. The number of H-pyrrole nitrogens is 1. The third-order valence-electron chi connectivity index (χ3n) is 6.44. The van der Waals surface area contributed by atoms with E-state index in [0.717, 1.165) is 6.33 Å². The van der Waals surface area contributed by atoms with E-state index in [2.05, 4.69) is 15.0 Å². The van der Waals surface area contributed by atoms with Crippen molar-refractivity contribution in [3.63, 3.8) is 0 Å². The lowest BCUT2D eigenvalue weighted by molar-refractivity contribution is -0.151. The van der Waals surface area contributed by atoms with E-state index in [9.17, 15) is 23.7 Å². The van der Waals surface area contributed by atoms with Crippen LogP contribution >= 0.6 is 19.2 Å². The number of nitrogens with one attached hydrogen (secondary N) is 1. The van der Waals surface area contributed by atoms with E-state index in [0.29, 0.717) is 0 Å². The second-order valence-corrected chi connectivity index (χ2v) is 12.8. The van der Waals surface area contributed by atoms with Crippen molar-refractivity contribution in [2.24, 2.45) is 5.92 Å². The number of halogens is 2. The Hall–Kier alpha value is -3.03. The molecule has 0 saturated carbocycles. The summed E-state index contributed by atoms with van der Waals surface area (Å²) in [7, 11) is -4.13. The number of nitrogen functional groups attached to an aromatic ring is 1. The number of ether oxygens (including phenoxy) is 2. The Morgan fingerprint density at radius 3 is 2.63 bits per heavy atom. The summed E-state index contributed by atoms with van der Waals surface area (Å²) in [5, 5.41) is 11.2. The number of hydrogen-bond donors (Lipinski definition) is 3. The first-order chi connectivity index (χ1) is 19.3. The summed E-state index contributed by atoms with van der Waals surface area (Å²) in [5.74, 6) is -1.49. The Labute approximate surface area is 239 Å². The number of carbonyl (C=O) groups is 1. The van der Waals surface area contributed by atoms with Crippen LogP contribution in [0.15, 0.2) is 41.5 Å². The number of aromatic amines is 1. The molecule has 0 radical (unpaired) electrons. The van der Waals surface area contributed by atoms with Crippen LogP contribution in [0.3, 0.4) is 0 Å². The second kappa shape index (κ2) is 12.1. The normalized spacial score (nSPS) is 25.6.